The molecule has 0 aliphatic rings. The number of methoxy groups -OCH3 is 4. The average Bonchev–Trinajstić information content (AvgIpc) is 2.35. The summed E-state index contributed by atoms with van der Waals surface area (Å²) in [5.74, 6) is 0. The Morgan fingerprint density at radius 3 is 1.06 bits per heavy atom. The van der Waals surface area contributed by atoms with E-state index in [1.165, 1.54) is 0 Å². The molecule has 0 fully saturated rings. The van der Waals surface area contributed by atoms with Crippen molar-refractivity contribution < 1.29 is 28.4 Å². The minimum Gasteiger partial charge on any atom is -0.382 e. The highest BCUT2D eigenvalue weighted by atomic mass is 16.6. The monoisotopic (exact) mass is 266 g/mol. The number of rotatable bonds is 13. The molecule has 0 rings (SSSR count). The maximum atomic E-state index is 5.57. The minimum atomic E-state index is -0.0631. The number of hydrogen-bond donors (Lipinski definition) is 0. The Labute approximate surface area is 109 Å². The van der Waals surface area contributed by atoms with Crippen LogP contribution in [0.3, 0.4) is 0 Å². The van der Waals surface area contributed by atoms with Crippen molar-refractivity contribution in [2.75, 3.05) is 68.1 Å². The summed E-state index contributed by atoms with van der Waals surface area (Å²) in [6.07, 6.45) is -0.126. The van der Waals surface area contributed by atoms with Crippen LogP contribution in [-0.4, -0.2) is 80.3 Å². The van der Waals surface area contributed by atoms with Crippen LogP contribution >= 0.6 is 0 Å². The maximum Gasteiger partial charge on any atom is 0.104 e. The molecule has 0 bridgehead atoms. The van der Waals surface area contributed by atoms with E-state index in [0.717, 1.165) is 0 Å². The summed E-state index contributed by atoms with van der Waals surface area (Å²) in [5, 5.41) is 0. The summed E-state index contributed by atoms with van der Waals surface area (Å²) in [6, 6.07) is 0. The van der Waals surface area contributed by atoms with Gasteiger partial charge in [-0.15, -0.1) is 0 Å². The van der Waals surface area contributed by atoms with Crippen molar-refractivity contribution in [2.24, 2.45) is 0 Å². The van der Waals surface area contributed by atoms with Gasteiger partial charge in [0.2, 0.25) is 0 Å². The van der Waals surface area contributed by atoms with E-state index in [1.807, 2.05) is 0 Å². The summed E-state index contributed by atoms with van der Waals surface area (Å²) in [4.78, 5) is 0. The Balaban J connectivity index is 3.66. The first-order valence-corrected chi connectivity index (χ1v) is 5.97. The van der Waals surface area contributed by atoms with Gasteiger partial charge in [-0.25, -0.2) is 0 Å². The molecule has 0 aliphatic carbocycles. The van der Waals surface area contributed by atoms with Gasteiger partial charge in [-0.3, -0.25) is 0 Å². The summed E-state index contributed by atoms with van der Waals surface area (Å²) < 4.78 is 31.2. The molecule has 0 heterocycles. The zero-order valence-corrected chi connectivity index (χ0v) is 11.8. The van der Waals surface area contributed by atoms with Crippen molar-refractivity contribution in [1.29, 1.82) is 0 Å². The quantitative estimate of drug-likeness (QED) is 0.448. The fraction of sp³-hybridized carbons (Fsp3) is 1.00. The molecule has 0 amide bonds. The van der Waals surface area contributed by atoms with E-state index in [2.05, 4.69) is 0 Å². The smallest absolute Gasteiger partial charge is 0.104 e. The van der Waals surface area contributed by atoms with E-state index in [-0.39, 0.29) is 12.2 Å². The lowest BCUT2D eigenvalue weighted by Gasteiger charge is -2.19. The molecule has 0 saturated carbocycles. The molecule has 6 nitrogen and oxygen atoms in total. The van der Waals surface area contributed by atoms with Gasteiger partial charge >= 0.3 is 0 Å². The molecule has 0 N–H and O–H groups in total. The Morgan fingerprint density at radius 1 is 0.556 bits per heavy atom. The standard InChI is InChI=1S/C12H26O6/c1-13-7-11(8-14-2)17-5-6-18-12(9-15-3)10-16-4/h11-12H,5-10H2,1-4H3. The van der Waals surface area contributed by atoms with Crippen LogP contribution in [0, 0.1) is 0 Å². The van der Waals surface area contributed by atoms with Gasteiger partial charge in [0, 0.05) is 28.4 Å². The second-order valence-electron chi connectivity index (χ2n) is 3.81. The molecule has 110 valence electrons. The predicted molar refractivity (Wildman–Crippen MR) is 67.0 cm³/mol. The van der Waals surface area contributed by atoms with E-state index in [4.69, 9.17) is 28.4 Å². The molecule has 0 aromatic heterocycles. The van der Waals surface area contributed by atoms with Crippen molar-refractivity contribution in [3.05, 3.63) is 0 Å². The summed E-state index contributed by atoms with van der Waals surface area (Å²) >= 11 is 0. The minimum absolute atomic E-state index is 0.0631. The van der Waals surface area contributed by atoms with Crippen LogP contribution in [0.25, 0.3) is 0 Å². The van der Waals surface area contributed by atoms with Gasteiger partial charge in [-0.05, 0) is 0 Å². The van der Waals surface area contributed by atoms with Crippen LogP contribution in [0.2, 0.25) is 0 Å². The third kappa shape index (κ3) is 9.76. The molecule has 18 heavy (non-hydrogen) atoms. The first kappa shape index (κ1) is 17.8. The number of hydrogen-bond acceptors (Lipinski definition) is 6. The van der Waals surface area contributed by atoms with Crippen molar-refractivity contribution in [1.82, 2.24) is 0 Å². The highest BCUT2D eigenvalue weighted by Crippen LogP contribution is 1.97. The Hall–Kier alpha value is -0.240. The molecule has 0 unspecified atom stereocenters. The second kappa shape index (κ2) is 13.2. The Morgan fingerprint density at radius 2 is 0.833 bits per heavy atom. The van der Waals surface area contributed by atoms with Crippen LogP contribution < -0.4 is 0 Å². The lowest BCUT2D eigenvalue weighted by molar-refractivity contribution is -0.0873. The first-order valence-electron chi connectivity index (χ1n) is 5.97. The van der Waals surface area contributed by atoms with Gasteiger partial charge in [0.25, 0.3) is 0 Å². The van der Waals surface area contributed by atoms with E-state index >= 15 is 0 Å². The molecule has 0 radical (unpaired) electrons. The van der Waals surface area contributed by atoms with Crippen LogP contribution in [0.5, 0.6) is 0 Å². The zero-order chi connectivity index (χ0) is 13.6. The third-order valence-electron chi connectivity index (χ3n) is 2.20. The zero-order valence-electron chi connectivity index (χ0n) is 11.8. The SMILES string of the molecule is COCC(COC)OCCOC(COC)COC. The number of ether oxygens (including phenoxy) is 6. The largest absolute Gasteiger partial charge is 0.382 e. The molecular weight excluding hydrogens is 240 g/mol. The first-order chi connectivity index (χ1) is 8.78. The normalized spacial score (nSPS) is 11.7. The summed E-state index contributed by atoms with van der Waals surface area (Å²) in [7, 11) is 6.54. The lowest BCUT2D eigenvalue weighted by Crippen LogP contribution is -2.29. The Bertz CT molecular complexity index is 137. The van der Waals surface area contributed by atoms with Crippen molar-refractivity contribution in [3.8, 4) is 0 Å². The molecular formula is C12H26O6. The van der Waals surface area contributed by atoms with Crippen LogP contribution in [0.4, 0.5) is 0 Å². The van der Waals surface area contributed by atoms with Crippen molar-refractivity contribution in [2.45, 2.75) is 12.2 Å². The second-order valence-corrected chi connectivity index (χ2v) is 3.81. The third-order valence-corrected chi connectivity index (χ3v) is 2.20. The molecule has 0 atom stereocenters. The van der Waals surface area contributed by atoms with Crippen LogP contribution in [-0.2, 0) is 28.4 Å². The van der Waals surface area contributed by atoms with Crippen LogP contribution in [0.1, 0.15) is 0 Å². The van der Waals surface area contributed by atoms with Gasteiger partial charge in [0.1, 0.15) is 12.2 Å². The van der Waals surface area contributed by atoms with Gasteiger partial charge in [0.15, 0.2) is 0 Å². The van der Waals surface area contributed by atoms with E-state index in [0.29, 0.717) is 39.6 Å². The Kier molecular flexibility index (Phi) is 13.0. The molecule has 6 heteroatoms. The highest BCUT2D eigenvalue weighted by molar-refractivity contribution is 4.56. The lowest BCUT2D eigenvalue weighted by atomic mass is 10.4. The van der Waals surface area contributed by atoms with Gasteiger partial charge in [0.05, 0.1) is 39.6 Å². The average molecular weight is 266 g/mol. The maximum absolute atomic E-state index is 5.57. The van der Waals surface area contributed by atoms with Gasteiger partial charge in [-0.1, -0.05) is 0 Å². The van der Waals surface area contributed by atoms with Crippen molar-refractivity contribution >= 4 is 0 Å². The fourth-order valence-electron chi connectivity index (χ4n) is 1.46. The van der Waals surface area contributed by atoms with E-state index in [9.17, 15) is 0 Å². The fourth-order valence-corrected chi connectivity index (χ4v) is 1.46. The molecule has 0 spiro atoms. The van der Waals surface area contributed by atoms with Crippen LogP contribution in [0.15, 0.2) is 0 Å². The molecule has 0 aromatic rings. The van der Waals surface area contributed by atoms with E-state index < -0.39 is 0 Å². The summed E-state index contributed by atoms with van der Waals surface area (Å²) in [5.41, 5.74) is 0. The summed E-state index contributed by atoms with van der Waals surface area (Å²) in [6.45, 7) is 3.00. The van der Waals surface area contributed by atoms with Crippen molar-refractivity contribution in [3.63, 3.8) is 0 Å². The van der Waals surface area contributed by atoms with E-state index in [1.54, 1.807) is 28.4 Å². The van der Waals surface area contributed by atoms with Gasteiger partial charge in [-0.2, -0.15) is 0 Å². The topological polar surface area (TPSA) is 55.4 Å². The predicted octanol–water partition coefficient (Wildman–Crippen LogP) is 0.342. The molecule has 0 aromatic carbocycles. The highest BCUT2D eigenvalue weighted by Gasteiger charge is 2.11. The van der Waals surface area contributed by atoms with Gasteiger partial charge < -0.3 is 28.4 Å². The molecule has 0 aliphatic heterocycles. The molecule has 0 saturated heterocycles.